The predicted molar refractivity (Wildman–Crippen MR) is 82.9 cm³/mol. The number of benzene rings is 1. The Labute approximate surface area is 128 Å². The van der Waals surface area contributed by atoms with E-state index in [1.54, 1.807) is 6.20 Å². The maximum absolute atomic E-state index is 11.6. The van der Waals surface area contributed by atoms with Gasteiger partial charge >= 0.3 is 5.97 Å². The average Bonchev–Trinajstić information content (AvgIpc) is 3.09. The maximum Gasteiger partial charge on any atom is 0.319 e. The molecule has 5 heteroatoms. The molecule has 1 atom stereocenters. The van der Waals surface area contributed by atoms with Crippen LogP contribution in [0.4, 0.5) is 0 Å². The standard InChI is InChI=1S/C16H18N2O2S/c1-11(2)12-5-3-4-6-13(12)18-9-8-17-16(18)21-14-7-10-20-15(14)19/h3-6,8-9,11,14H,7,10H2,1-2H3/t14-/m0/s1. The molecule has 1 fully saturated rings. The monoisotopic (exact) mass is 302 g/mol. The number of para-hydroxylation sites is 1. The van der Waals surface area contributed by atoms with Crippen molar-refractivity contribution in [2.75, 3.05) is 6.61 Å². The Morgan fingerprint density at radius 3 is 2.90 bits per heavy atom. The quantitative estimate of drug-likeness (QED) is 0.812. The van der Waals surface area contributed by atoms with Crippen molar-refractivity contribution in [1.29, 1.82) is 0 Å². The highest BCUT2D eigenvalue weighted by atomic mass is 32.2. The number of ether oxygens (including phenoxy) is 1. The van der Waals surface area contributed by atoms with Crippen molar-refractivity contribution in [3.05, 3.63) is 42.2 Å². The normalized spacial score (nSPS) is 18.2. The van der Waals surface area contributed by atoms with Gasteiger partial charge in [-0.3, -0.25) is 9.36 Å². The van der Waals surface area contributed by atoms with Crippen molar-refractivity contribution in [2.24, 2.45) is 0 Å². The van der Waals surface area contributed by atoms with Gasteiger partial charge in [0.1, 0.15) is 5.25 Å². The first kappa shape index (κ1) is 14.2. The van der Waals surface area contributed by atoms with E-state index in [2.05, 4.69) is 41.6 Å². The summed E-state index contributed by atoms with van der Waals surface area (Å²) in [5, 5.41) is 0.698. The highest BCUT2D eigenvalue weighted by molar-refractivity contribution is 8.00. The first-order chi connectivity index (χ1) is 10.2. The molecule has 2 aromatic rings. The van der Waals surface area contributed by atoms with Crippen LogP contribution in [0.1, 0.15) is 31.7 Å². The second-order valence-electron chi connectivity index (χ2n) is 5.36. The van der Waals surface area contributed by atoms with Crippen molar-refractivity contribution >= 4 is 17.7 Å². The molecule has 0 saturated carbocycles. The molecule has 21 heavy (non-hydrogen) atoms. The largest absolute Gasteiger partial charge is 0.465 e. The van der Waals surface area contributed by atoms with Gasteiger partial charge in [-0.2, -0.15) is 0 Å². The number of cyclic esters (lactones) is 1. The number of carbonyl (C=O) groups is 1. The van der Waals surface area contributed by atoms with Crippen LogP contribution >= 0.6 is 11.8 Å². The van der Waals surface area contributed by atoms with Crippen molar-refractivity contribution in [3.8, 4) is 5.69 Å². The second-order valence-corrected chi connectivity index (χ2v) is 6.53. The lowest BCUT2D eigenvalue weighted by Crippen LogP contribution is -2.11. The van der Waals surface area contributed by atoms with Crippen LogP contribution in [-0.2, 0) is 9.53 Å². The molecule has 0 amide bonds. The second kappa shape index (κ2) is 5.93. The molecule has 1 aromatic carbocycles. The number of aromatic nitrogens is 2. The fraction of sp³-hybridized carbons (Fsp3) is 0.375. The molecule has 4 nitrogen and oxygen atoms in total. The molecule has 0 bridgehead atoms. The van der Waals surface area contributed by atoms with E-state index >= 15 is 0 Å². The molecule has 3 rings (SSSR count). The molecular formula is C16H18N2O2S. The van der Waals surface area contributed by atoms with E-state index in [9.17, 15) is 4.79 Å². The van der Waals surface area contributed by atoms with Crippen LogP contribution < -0.4 is 0 Å². The summed E-state index contributed by atoms with van der Waals surface area (Å²) in [7, 11) is 0. The Hall–Kier alpha value is -1.75. The Balaban J connectivity index is 1.94. The van der Waals surface area contributed by atoms with Crippen LogP contribution in [0.5, 0.6) is 0 Å². The van der Waals surface area contributed by atoms with Crippen LogP contribution in [0.15, 0.2) is 41.8 Å². The summed E-state index contributed by atoms with van der Waals surface area (Å²) < 4.78 is 7.09. The van der Waals surface area contributed by atoms with Crippen LogP contribution in [-0.4, -0.2) is 27.4 Å². The number of hydrogen-bond donors (Lipinski definition) is 0. The zero-order chi connectivity index (χ0) is 14.8. The van der Waals surface area contributed by atoms with Gasteiger partial charge in [0.15, 0.2) is 5.16 Å². The molecule has 1 saturated heterocycles. The van der Waals surface area contributed by atoms with Crippen molar-refractivity contribution in [1.82, 2.24) is 9.55 Å². The van der Waals surface area contributed by atoms with E-state index < -0.39 is 0 Å². The van der Waals surface area contributed by atoms with E-state index in [1.807, 2.05) is 12.3 Å². The van der Waals surface area contributed by atoms with E-state index in [0.29, 0.717) is 12.5 Å². The summed E-state index contributed by atoms with van der Waals surface area (Å²) in [5.74, 6) is 0.296. The van der Waals surface area contributed by atoms with Gasteiger partial charge in [-0.25, -0.2) is 4.98 Å². The Bertz CT molecular complexity index is 651. The fourth-order valence-corrected chi connectivity index (χ4v) is 3.49. The van der Waals surface area contributed by atoms with Crippen LogP contribution in [0, 0.1) is 0 Å². The Morgan fingerprint density at radius 2 is 2.19 bits per heavy atom. The van der Waals surface area contributed by atoms with Gasteiger partial charge in [0, 0.05) is 18.8 Å². The van der Waals surface area contributed by atoms with E-state index in [1.165, 1.54) is 17.3 Å². The van der Waals surface area contributed by atoms with Crippen LogP contribution in [0.3, 0.4) is 0 Å². The number of thioether (sulfide) groups is 1. The summed E-state index contributed by atoms with van der Waals surface area (Å²) in [6.07, 6.45) is 4.48. The highest BCUT2D eigenvalue weighted by Crippen LogP contribution is 2.32. The Kier molecular flexibility index (Phi) is 4.01. The molecule has 110 valence electrons. The fourth-order valence-electron chi connectivity index (χ4n) is 2.47. The lowest BCUT2D eigenvalue weighted by Gasteiger charge is -2.15. The van der Waals surface area contributed by atoms with Crippen molar-refractivity contribution < 1.29 is 9.53 Å². The third kappa shape index (κ3) is 2.83. The number of esters is 1. The van der Waals surface area contributed by atoms with E-state index in [0.717, 1.165) is 17.3 Å². The zero-order valence-electron chi connectivity index (χ0n) is 12.2. The predicted octanol–water partition coefficient (Wildman–Crippen LogP) is 3.40. The smallest absolute Gasteiger partial charge is 0.319 e. The summed E-state index contributed by atoms with van der Waals surface area (Å²) in [6.45, 7) is 4.87. The highest BCUT2D eigenvalue weighted by Gasteiger charge is 2.29. The molecule has 0 aliphatic carbocycles. The van der Waals surface area contributed by atoms with Crippen LogP contribution in [0.25, 0.3) is 5.69 Å². The topological polar surface area (TPSA) is 44.1 Å². The molecule has 0 radical (unpaired) electrons. The van der Waals surface area contributed by atoms with Gasteiger partial charge in [0.05, 0.1) is 12.3 Å². The third-order valence-electron chi connectivity index (χ3n) is 3.56. The minimum Gasteiger partial charge on any atom is -0.465 e. The van der Waals surface area contributed by atoms with Gasteiger partial charge in [-0.15, -0.1) is 0 Å². The molecule has 0 N–H and O–H groups in total. The molecule has 1 aliphatic heterocycles. The van der Waals surface area contributed by atoms with E-state index in [-0.39, 0.29) is 11.2 Å². The minimum atomic E-state index is -0.141. The molecule has 1 aromatic heterocycles. The van der Waals surface area contributed by atoms with Gasteiger partial charge in [0.2, 0.25) is 0 Å². The number of carbonyl (C=O) groups excluding carboxylic acids is 1. The third-order valence-corrected chi connectivity index (χ3v) is 4.79. The number of nitrogens with zero attached hydrogens (tertiary/aromatic N) is 2. The van der Waals surface area contributed by atoms with Gasteiger partial charge in [0.25, 0.3) is 0 Å². The first-order valence-electron chi connectivity index (χ1n) is 7.12. The molecule has 0 unspecified atom stereocenters. The van der Waals surface area contributed by atoms with E-state index in [4.69, 9.17) is 4.74 Å². The molecule has 1 aliphatic rings. The Morgan fingerprint density at radius 1 is 1.38 bits per heavy atom. The van der Waals surface area contributed by atoms with Gasteiger partial charge in [-0.05, 0) is 17.5 Å². The summed E-state index contributed by atoms with van der Waals surface area (Å²) in [5.41, 5.74) is 2.39. The summed E-state index contributed by atoms with van der Waals surface area (Å²) >= 11 is 1.49. The average molecular weight is 302 g/mol. The summed E-state index contributed by atoms with van der Waals surface area (Å²) in [4.78, 5) is 16.1. The zero-order valence-corrected chi connectivity index (χ0v) is 13.0. The van der Waals surface area contributed by atoms with Crippen molar-refractivity contribution in [2.45, 2.75) is 36.6 Å². The minimum absolute atomic E-state index is 0.133. The lowest BCUT2D eigenvalue weighted by atomic mass is 10.0. The lowest BCUT2D eigenvalue weighted by molar-refractivity contribution is -0.137. The SMILES string of the molecule is CC(C)c1ccccc1-n1ccnc1S[C@H]1CCOC1=O. The van der Waals surface area contributed by atoms with Gasteiger partial charge in [-0.1, -0.05) is 43.8 Å². The first-order valence-corrected chi connectivity index (χ1v) is 8.00. The van der Waals surface area contributed by atoms with Crippen LogP contribution in [0.2, 0.25) is 0 Å². The van der Waals surface area contributed by atoms with Gasteiger partial charge < -0.3 is 4.74 Å². The molecular weight excluding hydrogens is 284 g/mol. The maximum atomic E-state index is 11.6. The summed E-state index contributed by atoms with van der Waals surface area (Å²) in [6, 6.07) is 8.31. The molecule has 2 heterocycles. The molecule has 0 spiro atoms. The number of rotatable bonds is 4. The number of imidazole rings is 1. The number of hydrogen-bond acceptors (Lipinski definition) is 4. The van der Waals surface area contributed by atoms with Crippen molar-refractivity contribution in [3.63, 3.8) is 0 Å².